The molecule has 3 nitrogen and oxygen atoms in total. The Morgan fingerprint density at radius 1 is 1.60 bits per heavy atom. The minimum absolute atomic E-state index is 0.471. The summed E-state index contributed by atoms with van der Waals surface area (Å²) in [7, 11) is 0. The van der Waals surface area contributed by atoms with E-state index in [1.807, 2.05) is 0 Å². The highest BCUT2D eigenvalue weighted by Crippen LogP contribution is 2.32. The molecule has 1 aromatic heterocycles. The highest BCUT2D eigenvalue weighted by molar-refractivity contribution is 6.30. The summed E-state index contributed by atoms with van der Waals surface area (Å²) in [6.45, 7) is 2.82. The Bertz CT molecular complexity index is 346. The van der Waals surface area contributed by atoms with E-state index in [0.29, 0.717) is 6.04 Å². The number of hydrogen-bond acceptors (Lipinski definition) is 2. The molecule has 0 spiro atoms. The van der Waals surface area contributed by atoms with Gasteiger partial charge in [-0.1, -0.05) is 18.5 Å². The van der Waals surface area contributed by atoms with E-state index in [1.54, 1.807) is 0 Å². The van der Waals surface area contributed by atoms with Crippen molar-refractivity contribution in [3.05, 3.63) is 16.7 Å². The molecule has 0 radical (unpaired) electrons. The van der Waals surface area contributed by atoms with Crippen molar-refractivity contribution in [1.29, 1.82) is 0 Å². The van der Waals surface area contributed by atoms with Gasteiger partial charge in [-0.15, -0.1) is 0 Å². The number of hydrogen-bond donors (Lipinski definition) is 1. The highest BCUT2D eigenvalue weighted by atomic mass is 35.5. The Labute approximate surface area is 95.6 Å². The van der Waals surface area contributed by atoms with Crippen molar-refractivity contribution in [3.8, 4) is 0 Å². The maximum Gasteiger partial charge on any atom is 0.132 e. The summed E-state index contributed by atoms with van der Waals surface area (Å²) in [4.78, 5) is 4.59. The lowest BCUT2D eigenvalue weighted by atomic mass is 10.0. The number of fused-ring (bicyclic) bond motifs is 1. The third-order valence-electron chi connectivity index (χ3n) is 3.13. The molecular formula is C11H18ClN3. The summed E-state index contributed by atoms with van der Waals surface area (Å²) in [5.41, 5.74) is 6.67. The molecule has 2 rings (SSSR count). The van der Waals surface area contributed by atoms with Crippen LogP contribution in [0, 0.1) is 0 Å². The Hall–Kier alpha value is -0.540. The minimum Gasteiger partial charge on any atom is -0.330 e. The maximum absolute atomic E-state index is 6.33. The summed E-state index contributed by atoms with van der Waals surface area (Å²) in [6, 6.07) is 0.471. The van der Waals surface area contributed by atoms with Gasteiger partial charge in [-0.25, -0.2) is 4.98 Å². The zero-order chi connectivity index (χ0) is 10.8. The Morgan fingerprint density at radius 2 is 2.40 bits per heavy atom. The predicted octanol–water partition coefficient (Wildman–Crippen LogP) is 2.33. The van der Waals surface area contributed by atoms with Gasteiger partial charge in [-0.2, -0.15) is 0 Å². The van der Waals surface area contributed by atoms with Crippen LogP contribution < -0.4 is 5.73 Å². The van der Waals surface area contributed by atoms with Crippen molar-refractivity contribution in [1.82, 2.24) is 9.55 Å². The van der Waals surface area contributed by atoms with Crippen molar-refractivity contribution < 1.29 is 0 Å². The first-order valence-electron chi connectivity index (χ1n) is 5.73. The molecule has 0 saturated heterocycles. The quantitative estimate of drug-likeness (QED) is 0.862. The fraction of sp³-hybridized carbons (Fsp3) is 0.727. The van der Waals surface area contributed by atoms with Gasteiger partial charge in [0.25, 0.3) is 0 Å². The Kier molecular flexibility index (Phi) is 3.32. The number of aryl methyl sites for hydroxylation is 2. The molecule has 84 valence electrons. The minimum atomic E-state index is 0.471. The lowest BCUT2D eigenvalue weighted by Crippen LogP contribution is -2.20. The first-order valence-corrected chi connectivity index (χ1v) is 6.11. The number of halogens is 1. The van der Waals surface area contributed by atoms with Gasteiger partial charge < -0.3 is 10.3 Å². The van der Waals surface area contributed by atoms with Crippen molar-refractivity contribution in [3.63, 3.8) is 0 Å². The van der Waals surface area contributed by atoms with Crippen LogP contribution >= 0.6 is 11.6 Å². The van der Waals surface area contributed by atoms with Gasteiger partial charge in [0.1, 0.15) is 11.0 Å². The molecule has 2 N–H and O–H groups in total. The first-order chi connectivity index (χ1) is 7.27. The van der Waals surface area contributed by atoms with Crippen LogP contribution in [0.2, 0.25) is 5.15 Å². The molecule has 1 aliphatic heterocycles. The number of nitrogens with zero attached hydrogens (tertiary/aromatic N) is 2. The summed E-state index contributed by atoms with van der Waals surface area (Å²) in [5, 5.41) is 0.839. The smallest absolute Gasteiger partial charge is 0.132 e. The molecule has 0 bridgehead atoms. The van der Waals surface area contributed by atoms with E-state index < -0.39 is 0 Å². The molecule has 0 fully saturated rings. The second-order valence-corrected chi connectivity index (χ2v) is 4.47. The summed E-state index contributed by atoms with van der Waals surface area (Å²) >= 11 is 6.33. The van der Waals surface area contributed by atoms with Crippen molar-refractivity contribution in [2.24, 2.45) is 5.73 Å². The van der Waals surface area contributed by atoms with E-state index in [4.69, 9.17) is 17.3 Å². The summed E-state index contributed by atoms with van der Waals surface area (Å²) < 4.78 is 2.21. The molecule has 0 aliphatic carbocycles. The molecule has 2 heterocycles. The molecule has 1 unspecified atom stereocenters. The second-order valence-electron chi connectivity index (χ2n) is 4.11. The van der Waals surface area contributed by atoms with Crippen LogP contribution in [0.15, 0.2) is 0 Å². The third kappa shape index (κ3) is 1.91. The standard InChI is InChI=1S/C11H18ClN3/c1-2-9-11(12)15-8(6-7-13)4-3-5-10(15)14-9/h8H,2-7,13H2,1H3. The fourth-order valence-electron chi connectivity index (χ4n) is 2.37. The SMILES string of the molecule is CCc1nc2n(c1Cl)C(CCN)CCC2. The number of rotatable bonds is 3. The maximum atomic E-state index is 6.33. The summed E-state index contributed by atoms with van der Waals surface area (Å²) in [6.07, 6.45) is 5.37. The number of nitrogens with two attached hydrogens (primary N) is 1. The number of imidazole rings is 1. The average Bonchev–Trinajstić information content (AvgIpc) is 2.57. The van der Waals surface area contributed by atoms with Crippen molar-refractivity contribution in [2.75, 3.05) is 6.54 Å². The van der Waals surface area contributed by atoms with Gasteiger partial charge in [-0.3, -0.25) is 0 Å². The molecule has 0 saturated carbocycles. The molecular weight excluding hydrogens is 210 g/mol. The van der Waals surface area contributed by atoms with E-state index in [9.17, 15) is 0 Å². The average molecular weight is 228 g/mol. The third-order valence-corrected chi connectivity index (χ3v) is 3.53. The van der Waals surface area contributed by atoms with E-state index in [0.717, 1.165) is 42.5 Å². The normalized spacial score (nSPS) is 20.3. The van der Waals surface area contributed by atoms with E-state index in [-0.39, 0.29) is 0 Å². The molecule has 1 atom stereocenters. The van der Waals surface area contributed by atoms with Crippen LogP contribution in [0.5, 0.6) is 0 Å². The predicted molar refractivity (Wildman–Crippen MR) is 62.3 cm³/mol. The van der Waals surface area contributed by atoms with E-state index in [2.05, 4.69) is 16.5 Å². The van der Waals surface area contributed by atoms with Gasteiger partial charge in [0.15, 0.2) is 0 Å². The topological polar surface area (TPSA) is 43.8 Å². The van der Waals surface area contributed by atoms with Crippen LogP contribution in [0.3, 0.4) is 0 Å². The van der Waals surface area contributed by atoms with Crippen LogP contribution in [-0.2, 0) is 12.8 Å². The van der Waals surface area contributed by atoms with Crippen LogP contribution in [0.1, 0.15) is 43.7 Å². The van der Waals surface area contributed by atoms with Crippen LogP contribution in [0.25, 0.3) is 0 Å². The molecule has 1 aliphatic rings. The largest absolute Gasteiger partial charge is 0.330 e. The van der Waals surface area contributed by atoms with Crippen LogP contribution in [0.4, 0.5) is 0 Å². The highest BCUT2D eigenvalue weighted by Gasteiger charge is 2.24. The lowest BCUT2D eigenvalue weighted by molar-refractivity contribution is 0.379. The summed E-state index contributed by atoms with van der Waals surface area (Å²) in [5.74, 6) is 1.15. The molecule has 0 aromatic carbocycles. The Morgan fingerprint density at radius 3 is 3.07 bits per heavy atom. The van der Waals surface area contributed by atoms with Crippen LogP contribution in [-0.4, -0.2) is 16.1 Å². The van der Waals surface area contributed by atoms with Crippen molar-refractivity contribution >= 4 is 11.6 Å². The van der Waals surface area contributed by atoms with Gasteiger partial charge in [0, 0.05) is 12.5 Å². The van der Waals surface area contributed by atoms with Gasteiger partial charge in [0.2, 0.25) is 0 Å². The molecule has 15 heavy (non-hydrogen) atoms. The zero-order valence-electron chi connectivity index (χ0n) is 9.17. The first kappa shape index (κ1) is 11.0. The molecule has 0 amide bonds. The van der Waals surface area contributed by atoms with E-state index in [1.165, 1.54) is 12.8 Å². The second kappa shape index (κ2) is 4.54. The lowest BCUT2D eigenvalue weighted by Gasteiger charge is -2.25. The van der Waals surface area contributed by atoms with Gasteiger partial charge >= 0.3 is 0 Å². The molecule has 4 heteroatoms. The van der Waals surface area contributed by atoms with Gasteiger partial charge in [-0.05, 0) is 32.2 Å². The van der Waals surface area contributed by atoms with Crippen molar-refractivity contribution in [2.45, 2.75) is 45.1 Å². The fourth-order valence-corrected chi connectivity index (χ4v) is 2.78. The molecule has 1 aromatic rings. The van der Waals surface area contributed by atoms with E-state index >= 15 is 0 Å². The monoisotopic (exact) mass is 227 g/mol. The number of aromatic nitrogens is 2. The Balaban J connectivity index is 2.36. The zero-order valence-corrected chi connectivity index (χ0v) is 9.93. The van der Waals surface area contributed by atoms with Gasteiger partial charge in [0.05, 0.1) is 5.69 Å².